The maximum absolute atomic E-state index is 4.62. The first-order valence-electron chi connectivity index (χ1n) is 7.79. The Kier molecular flexibility index (Phi) is 4.02. The molecule has 0 bridgehead atoms. The Bertz CT molecular complexity index is 739. The van der Waals surface area contributed by atoms with Crippen molar-refractivity contribution in [3.8, 4) is 0 Å². The summed E-state index contributed by atoms with van der Waals surface area (Å²) < 4.78 is 2.22. The number of aromatic nitrogens is 5. The predicted octanol–water partition coefficient (Wildman–Crippen LogP) is 2.56. The maximum atomic E-state index is 4.62. The van der Waals surface area contributed by atoms with Gasteiger partial charge in [-0.05, 0) is 12.8 Å². The molecule has 3 aromatic heterocycles. The van der Waals surface area contributed by atoms with Crippen LogP contribution in [0.15, 0.2) is 41.9 Å². The van der Waals surface area contributed by atoms with Crippen molar-refractivity contribution >= 4 is 17.2 Å². The minimum absolute atomic E-state index is 0.416. The standard InChI is InChI=1S/C16H18N6S/c1-2-13(9-21(6-1)15-8-17-3-4-18-15)16-19-5-7-22(16)10-14-11-23-12-20-14/h3-5,7-8,11-13H,1-2,6,9-10H2/t13-/m1/s1. The minimum atomic E-state index is 0.416. The summed E-state index contributed by atoms with van der Waals surface area (Å²) in [5.74, 6) is 2.51. The molecule has 118 valence electrons. The van der Waals surface area contributed by atoms with E-state index in [2.05, 4.69) is 41.0 Å². The fourth-order valence-corrected chi connectivity index (χ4v) is 3.70. The van der Waals surface area contributed by atoms with Crippen LogP contribution in [0.4, 0.5) is 5.82 Å². The van der Waals surface area contributed by atoms with E-state index in [0.717, 1.165) is 49.8 Å². The van der Waals surface area contributed by atoms with Crippen molar-refractivity contribution in [2.75, 3.05) is 18.0 Å². The van der Waals surface area contributed by atoms with Gasteiger partial charge >= 0.3 is 0 Å². The Morgan fingerprint density at radius 2 is 2.17 bits per heavy atom. The van der Waals surface area contributed by atoms with Crippen LogP contribution in [-0.4, -0.2) is 37.6 Å². The summed E-state index contributed by atoms with van der Waals surface area (Å²) in [5, 5.41) is 2.09. The topological polar surface area (TPSA) is 59.7 Å². The molecule has 6 nitrogen and oxygen atoms in total. The summed E-state index contributed by atoms with van der Waals surface area (Å²) in [7, 11) is 0. The SMILES string of the molecule is c1cnc(N2CCC[C@@H](c3nccn3Cc3cscn3)C2)cn1. The van der Waals surface area contributed by atoms with Gasteiger partial charge in [-0.15, -0.1) is 11.3 Å². The first kappa shape index (κ1) is 14.3. The first-order chi connectivity index (χ1) is 11.4. The van der Waals surface area contributed by atoms with Crippen molar-refractivity contribution in [2.45, 2.75) is 25.3 Å². The minimum Gasteiger partial charge on any atom is -0.355 e. The third kappa shape index (κ3) is 3.10. The molecule has 1 saturated heterocycles. The van der Waals surface area contributed by atoms with E-state index in [9.17, 15) is 0 Å². The summed E-state index contributed by atoms with van der Waals surface area (Å²) in [4.78, 5) is 19.9. The van der Waals surface area contributed by atoms with Crippen LogP contribution in [-0.2, 0) is 6.54 Å². The lowest BCUT2D eigenvalue weighted by Gasteiger charge is -2.33. The highest BCUT2D eigenvalue weighted by atomic mass is 32.1. The second-order valence-electron chi connectivity index (χ2n) is 5.74. The van der Waals surface area contributed by atoms with Gasteiger partial charge in [0.05, 0.1) is 23.9 Å². The van der Waals surface area contributed by atoms with Gasteiger partial charge in [-0.25, -0.2) is 15.0 Å². The Balaban J connectivity index is 1.53. The number of rotatable bonds is 4. The number of hydrogen-bond acceptors (Lipinski definition) is 6. The number of hydrogen-bond donors (Lipinski definition) is 0. The van der Waals surface area contributed by atoms with Crippen molar-refractivity contribution in [1.82, 2.24) is 24.5 Å². The van der Waals surface area contributed by atoms with Crippen LogP contribution >= 0.6 is 11.3 Å². The molecule has 0 aliphatic carbocycles. The monoisotopic (exact) mass is 326 g/mol. The number of piperidine rings is 1. The molecule has 4 heterocycles. The Labute approximate surface area is 138 Å². The molecule has 1 fully saturated rings. The quantitative estimate of drug-likeness (QED) is 0.737. The molecular weight excluding hydrogens is 308 g/mol. The second-order valence-corrected chi connectivity index (χ2v) is 6.46. The van der Waals surface area contributed by atoms with E-state index in [0.29, 0.717) is 5.92 Å². The van der Waals surface area contributed by atoms with Crippen LogP contribution in [0.25, 0.3) is 0 Å². The number of nitrogens with zero attached hydrogens (tertiary/aromatic N) is 6. The lowest BCUT2D eigenvalue weighted by molar-refractivity contribution is 0.473. The smallest absolute Gasteiger partial charge is 0.147 e. The van der Waals surface area contributed by atoms with Gasteiger partial charge in [-0.2, -0.15) is 0 Å². The molecule has 0 radical (unpaired) electrons. The average molecular weight is 326 g/mol. The lowest BCUT2D eigenvalue weighted by atomic mass is 9.97. The maximum Gasteiger partial charge on any atom is 0.147 e. The van der Waals surface area contributed by atoms with Crippen LogP contribution in [0, 0.1) is 0 Å². The lowest BCUT2D eigenvalue weighted by Crippen LogP contribution is -2.36. The van der Waals surface area contributed by atoms with E-state index in [1.165, 1.54) is 0 Å². The Morgan fingerprint density at radius 3 is 3.00 bits per heavy atom. The van der Waals surface area contributed by atoms with E-state index in [1.807, 2.05) is 17.9 Å². The van der Waals surface area contributed by atoms with Gasteiger partial charge in [-0.3, -0.25) is 4.98 Å². The zero-order chi connectivity index (χ0) is 15.5. The summed E-state index contributed by atoms with van der Waals surface area (Å²) in [5.41, 5.74) is 2.97. The molecule has 0 spiro atoms. The molecule has 0 amide bonds. The van der Waals surface area contributed by atoms with Gasteiger partial charge < -0.3 is 9.47 Å². The van der Waals surface area contributed by atoms with Crippen molar-refractivity contribution in [1.29, 1.82) is 0 Å². The molecule has 23 heavy (non-hydrogen) atoms. The van der Waals surface area contributed by atoms with Crippen LogP contribution in [0.3, 0.4) is 0 Å². The van der Waals surface area contributed by atoms with Crippen molar-refractivity contribution in [3.05, 3.63) is 53.4 Å². The number of anilines is 1. The molecule has 3 aromatic rings. The zero-order valence-electron chi connectivity index (χ0n) is 12.7. The van der Waals surface area contributed by atoms with Gasteiger partial charge in [0.25, 0.3) is 0 Å². The highest BCUT2D eigenvalue weighted by molar-refractivity contribution is 7.07. The van der Waals surface area contributed by atoms with Crippen molar-refractivity contribution < 1.29 is 0 Å². The van der Waals surface area contributed by atoms with E-state index in [1.54, 1.807) is 23.7 Å². The molecule has 0 unspecified atom stereocenters. The van der Waals surface area contributed by atoms with Crippen LogP contribution in [0.2, 0.25) is 0 Å². The normalized spacial score (nSPS) is 18.3. The molecule has 0 saturated carbocycles. The third-order valence-corrected chi connectivity index (χ3v) is 4.86. The first-order valence-corrected chi connectivity index (χ1v) is 8.73. The third-order valence-electron chi connectivity index (χ3n) is 4.22. The van der Waals surface area contributed by atoms with Gasteiger partial charge in [-0.1, -0.05) is 0 Å². The highest BCUT2D eigenvalue weighted by Crippen LogP contribution is 2.28. The average Bonchev–Trinajstić information content (AvgIpc) is 3.28. The largest absolute Gasteiger partial charge is 0.355 e. The molecule has 1 atom stereocenters. The molecule has 7 heteroatoms. The summed E-state index contributed by atoms with van der Waals surface area (Å²) in [6.07, 6.45) is 11.5. The molecule has 1 aliphatic rings. The Morgan fingerprint density at radius 1 is 1.17 bits per heavy atom. The summed E-state index contributed by atoms with van der Waals surface area (Å²) >= 11 is 1.63. The molecule has 0 aromatic carbocycles. The summed E-state index contributed by atoms with van der Waals surface area (Å²) in [6, 6.07) is 0. The molecule has 1 aliphatic heterocycles. The Hall–Kier alpha value is -2.28. The fraction of sp³-hybridized carbons (Fsp3) is 0.375. The van der Waals surface area contributed by atoms with Crippen LogP contribution in [0.1, 0.15) is 30.3 Å². The van der Waals surface area contributed by atoms with Crippen LogP contribution < -0.4 is 4.90 Å². The van der Waals surface area contributed by atoms with E-state index in [4.69, 9.17) is 0 Å². The molecular formula is C16H18N6S. The second kappa shape index (κ2) is 6.45. The van der Waals surface area contributed by atoms with Crippen LogP contribution in [0.5, 0.6) is 0 Å². The zero-order valence-corrected chi connectivity index (χ0v) is 13.6. The van der Waals surface area contributed by atoms with Gasteiger partial charge in [0.1, 0.15) is 11.6 Å². The van der Waals surface area contributed by atoms with Crippen molar-refractivity contribution in [3.63, 3.8) is 0 Å². The molecule has 4 rings (SSSR count). The fourth-order valence-electron chi connectivity index (χ4n) is 3.15. The predicted molar refractivity (Wildman–Crippen MR) is 89.7 cm³/mol. The molecule has 0 N–H and O–H groups in total. The van der Waals surface area contributed by atoms with Gasteiger partial charge in [0, 0.05) is 49.2 Å². The number of imidazole rings is 1. The van der Waals surface area contributed by atoms with Gasteiger partial charge in [0.2, 0.25) is 0 Å². The highest BCUT2D eigenvalue weighted by Gasteiger charge is 2.25. The van der Waals surface area contributed by atoms with E-state index in [-0.39, 0.29) is 0 Å². The van der Waals surface area contributed by atoms with Crippen molar-refractivity contribution in [2.24, 2.45) is 0 Å². The van der Waals surface area contributed by atoms with E-state index < -0.39 is 0 Å². The van der Waals surface area contributed by atoms with E-state index >= 15 is 0 Å². The number of thiazole rings is 1. The summed E-state index contributed by atoms with van der Waals surface area (Å²) in [6.45, 7) is 2.76. The van der Waals surface area contributed by atoms with Gasteiger partial charge in [0.15, 0.2) is 0 Å².